The van der Waals surface area contributed by atoms with Gasteiger partial charge in [0.15, 0.2) is 0 Å². The van der Waals surface area contributed by atoms with Crippen LogP contribution in [0.1, 0.15) is 18.4 Å². The van der Waals surface area contributed by atoms with Gasteiger partial charge in [0.05, 0.1) is 18.2 Å². The summed E-state index contributed by atoms with van der Waals surface area (Å²) in [7, 11) is 0. The zero-order chi connectivity index (χ0) is 19.4. The Morgan fingerprint density at radius 3 is 2.27 bits per heavy atom. The van der Waals surface area contributed by atoms with E-state index in [1.165, 1.54) is 0 Å². The summed E-state index contributed by atoms with van der Waals surface area (Å²) in [5.74, 6) is -2.76. The number of carbonyl (C=O) groups is 2. The number of alkyl halides is 3. The van der Waals surface area contributed by atoms with Crippen molar-refractivity contribution in [2.24, 2.45) is 0 Å². The van der Waals surface area contributed by atoms with Gasteiger partial charge in [-0.15, -0.1) is 0 Å². The fraction of sp³-hybridized carbons (Fsp3) is 0.438. The van der Waals surface area contributed by atoms with E-state index >= 15 is 0 Å². The van der Waals surface area contributed by atoms with Crippen LogP contribution in [0.25, 0.3) is 0 Å². The molecule has 2 N–H and O–H groups in total. The number of anilines is 1. The first-order valence-electron chi connectivity index (χ1n) is 7.68. The smallest absolute Gasteiger partial charge is 0.475 e. The number of carbonyl (C=O) groups excluding carboxylic acids is 1. The van der Waals surface area contributed by atoms with E-state index in [0.717, 1.165) is 31.6 Å². The zero-order valence-corrected chi connectivity index (χ0v) is 13.5. The van der Waals surface area contributed by atoms with E-state index in [1.807, 2.05) is 0 Å². The largest absolute Gasteiger partial charge is 0.490 e. The first-order valence-corrected chi connectivity index (χ1v) is 7.68. The number of carboxylic acids is 1. The lowest BCUT2D eigenvalue weighted by Gasteiger charge is -2.31. The number of benzene rings is 1. The molecule has 0 saturated carbocycles. The molecule has 2 aliphatic heterocycles. The maximum atomic E-state index is 12.0. The van der Waals surface area contributed by atoms with E-state index in [9.17, 15) is 18.0 Å². The van der Waals surface area contributed by atoms with Crippen molar-refractivity contribution in [3.8, 4) is 6.07 Å². The zero-order valence-electron chi connectivity index (χ0n) is 13.5. The molecule has 1 amide bonds. The predicted molar refractivity (Wildman–Crippen MR) is 83.5 cm³/mol. The normalized spacial score (nSPS) is 18.5. The van der Waals surface area contributed by atoms with Crippen molar-refractivity contribution in [3.63, 3.8) is 0 Å². The van der Waals surface area contributed by atoms with Crippen molar-refractivity contribution in [1.82, 2.24) is 5.32 Å². The van der Waals surface area contributed by atoms with Crippen LogP contribution < -0.4 is 10.2 Å². The van der Waals surface area contributed by atoms with Gasteiger partial charge in [-0.2, -0.15) is 18.4 Å². The summed E-state index contributed by atoms with van der Waals surface area (Å²) < 4.78 is 37.3. The van der Waals surface area contributed by atoms with Gasteiger partial charge in [-0.25, -0.2) is 9.59 Å². The van der Waals surface area contributed by atoms with Gasteiger partial charge in [0.25, 0.3) is 0 Å². The molecule has 2 heterocycles. The highest BCUT2D eigenvalue weighted by Crippen LogP contribution is 2.34. The van der Waals surface area contributed by atoms with Gasteiger partial charge in [0.2, 0.25) is 0 Å². The van der Waals surface area contributed by atoms with Gasteiger partial charge >= 0.3 is 18.2 Å². The highest BCUT2D eigenvalue weighted by molar-refractivity contribution is 5.90. The molecule has 7 nitrogen and oxygen atoms in total. The third-order valence-corrected chi connectivity index (χ3v) is 4.04. The van der Waals surface area contributed by atoms with Crippen molar-refractivity contribution in [1.29, 1.82) is 5.26 Å². The molecule has 2 fully saturated rings. The number of nitrogens with one attached hydrogen (secondary N) is 1. The Hall–Kier alpha value is -2.80. The summed E-state index contributed by atoms with van der Waals surface area (Å²) >= 11 is 0. The molecule has 0 atom stereocenters. The van der Waals surface area contributed by atoms with Crippen molar-refractivity contribution in [2.45, 2.75) is 24.6 Å². The molecule has 2 saturated heterocycles. The van der Waals surface area contributed by atoms with Crippen LogP contribution >= 0.6 is 0 Å². The molecular weight excluding hydrogens is 355 g/mol. The summed E-state index contributed by atoms with van der Waals surface area (Å²) in [6.45, 7) is 2.36. The average molecular weight is 371 g/mol. The van der Waals surface area contributed by atoms with E-state index in [-0.39, 0.29) is 11.7 Å². The first kappa shape index (κ1) is 19.5. The third kappa shape index (κ3) is 4.64. The van der Waals surface area contributed by atoms with Crippen LogP contribution in [0.2, 0.25) is 0 Å². The number of rotatable bonds is 1. The second-order valence-electron chi connectivity index (χ2n) is 5.85. The fourth-order valence-electron chi connectivity index (χ4n) is 2.68. The van der Waals surface area contributed by atoms with Crippen molar-refractivity contribution in [3.05, 3.63) is 29.8 Å². The standard InChI is InChI=1S/C14H15N3O2.C2HF3O2/c15-9-11-1-3-12(4-2-11)17-10-14(19-13(17)18)5-7-16-8-6-14;3-2(4,5)1(6)7/h1-4,16H,5-8,10H2;(H,6,7). The number of hydrogen-bond donors (Lipinski definition) is 2. The lowest BCUT2D eigenvalue weighted by atomic mass is 9.92. The third-order valence-electron chi connectivity index (χ3n) is 4.04. The van der Waals surface area contributed by atoms with Crippen LogP contribution in [-0.2, 0) is 9.53 Å². The van der Waals surface area contributed by atoms with Crippen LogP contribution in [0.15, 0.2) is 24.3 Å². The monoisotopic (exact) mass is 371 g/mol. The number of carboxylic acid groups (broad SMARTS) is 1. The molecule has 1 spiro atoms. The van der Waals surface area contributed by atoms with Crippen LogP contribution in [0.4, 0.5) is 23.7 Å². The molecule has 10 heteroatoms. The Kier molecular flexibility index (Phi) is 5.72. The Bertz CT molecular complexity index is 707. The van der Waals surface area contributed by atoms with Gasteiger partial charge in [0.1, 0.15) is 5.60 Å². The average Bonchev–Trinajstić information content (AvgIpc) is 2.91. The maximum absolute atomic E-state index is 12.0. The number of piperidine rings is 1. The summed E-state index contributed by atoms with van der Waals surface area (Å²) in [6, 6.07) is 9.09. The molecule has 1 aromatic carbocycles. The number of nitrogens with zero attached hydrogens (tertiary/aromatic N) is 2. The van der Waals surface area contributed by atoms with Gasteiger partial charge in [0, 0.05) is 18.5 Å². The Balaban J connectivity index is 0.000000298. The molecule has 2 aliphatic rings. The summed E-state index contributed by atoms with van der Waals surface area (Å²) in [5.41, 5.74) is 1.04. The summed E-state index contributed by atoms with van der Waals surface area (Å²) in [6.07, 6.45) is -3.66. The van der Waals surface area contributed by atoms with Crippen molar-refractivity contribution < 1.29 is 32.6 Å². The van der Waals surface area contributed by atoms with E-state index in [2.05, 4.69) is 11.4 Å². The first-order chi connectivity index (χ1) is 12.2. The highest BCUT2D eigenvalue weighted by Gasteiger charge is 2.46. The van der Waals surface area contributed by atoms with Gasteiger partial charge in [-0.05, 0) is 37.4 Å². The fourth-order valence-corrected chi connectivity index (χ4v) is 2.68. The van der Waals surface area contributed by atoms with Crippen LogP contribution in [-0.4, -0.2) is 48.6 Å². The quantitative estimate of drug-likeness (QED) is 0.785. The number of amides is 1. The summed E-state index contributed by atoms with van der Waals surface area (Å²) in [4.78, 5) is 22.6. The minimum absolute atomic E-state index is 0.286. The van der Waals surface area contributed by atoms with Gasteiger partial charge in [-0.3, -0.25) is 4.90 Å². The predicted octanol–water partition coefficient (Wildman–Crippen LogP) is 2.27. The number of halogens is 3. The minimum atomic E-state index is -5.08. The SMILES string of the molecule is N#Cc1ccc(N2CC3(CCNCC3)OC2=O)cc1.O=C(O)C(F)(F)F. The molecular formula is C16H16F3N3O4. The number of ether oxygens (including phenoxy) is 1. The Morgan fingerprint density at radius 1 is 1.27 bits per heavy atom. The molecule has 26 heavy (non-hydrogen) atoms. The second-order valence-corrected chi connectivity index (χ2v) is 5.85. The van der Waals surface area contributed by atoms with Crippen molar-refractivity contribution >= 4 is 17.7 Å². The molecule has 0 radical (unpaired) electrons. The van der Waals surface area contributed by atoms with E-state index in [4.69, 9.17) is 19.9 Å². The topological polar surface area (TPSA) is 103 Å². The Morgan fingerprint density at radius 2 is 1.81 bits per heavy atom. The van der Waals surface area contributed by atoms with Gasteiger partial charge < -0.3 is 15.2 Å². The Labute approximate surface area is 147 Å². The highest BCUT2D eigenvalue weighted by atomic mass is 19.4. The molecule has 3 rings (SSSR count). The van der Waals surface area contributed by atoms with E-state index in [0.29, 0.717) is 12.1 Å². The number of aliphatic carboxylic acids is 1. The lowest BCUT2D eigenvalue weighted by molar-refractivity contribution is -0.192. The van der Waals surface area contributed by atoms with Crippen LogP contribution in [0, 0.1) is 11.3 Å². The molecule has 1 aromatic rings. The molecule has 0 aromatic heterocycles. The second kappa shape index (κ2) is 7.61. The van der Waals surface area contributed by atoms with E-state index < -0.39 is 12.1 Å². The molecule has 140 valence electrons. The molecule has 0 unspecified atom stereocenters. The van der Waals surface area contributed by atoms with E-state index in [1.54, 1.807) is 29.2 Å². The van der Waals surface area contributed by atoms with Crippen LogP contribution in [0.3, 0.4) is 0 Å². The van der Waals surface area contributed by atoms with Crippen molar-refractivity contribution in [2.75, 3.05) is 24.5 Å². The molecule has 0 aliphatic carbocycles. The van der Waals surface area contributed by atoms with Gasteiger partial charge in [-0.1, -0.05) is 0 Å². The maximum Gasteiger partial charge on any atom is 0.490 e. The summed E-state index contributed by atoms with van der Waals surface area (Å²) in [5, 5.41) is 19.2. The van der Waals surface area contributed by atoms with Crippen LogP contribution in [0.5, 0.6) is 0 Å². The number of hydrogen-bond acceptors (Lipinski definition) is 5. The lowest BCUT2D eigenvalue weighted by Crippen LogP contribution is -2.44. The minimum Gasteiger partial charge on any atom is -0.475 e. The number of nitriles is 1. The molecule has 0 bridgehead atoms.